The highest BCUT2D eigenvalue weighted by Crippen LogP contribution is 2.33. The first-order valence-electron chi connectivity index (χ1n) is 8.26. The molecule has 114 valence electrons. The van der Waals surface area contributed by atoms with Crippen molar-refractivity contribution >= 4 is 5.91 Å². The highest BCUT2D eigenvalue weighted by Gasteiger charge is 2.38. The van der Waals surface area contributed by atoms with Crippen molar-refractivity contribution in [2.24, 2.45) is 5.92 Å². The zero-order chi connectivity index (χ0) is 14.8. The van der Waals surface area contributed by atoms with Gasteiger partial charge in [-0.25, -0.2) is 0 Å². The van der Waals surface area contributed by atoms with Gasteiger partial charge < -0.3 is 10.6 Å². The second-order valence-corrected chi connectivity index (χ2v) is 6.75. The van der Waals surface area contributed by atoms with E-state index in [2.05, 4.69) is 48.7 Å². The fourth-order valence-corrected chi connectivity index (χ4v) is 3.77. The van der Waals surface area contributed by atoms with Crippen molar-refractivity contribution in [3.05, 3.63) is 35.4 Å². The molecule has 0 radical (unpaired) electrons. The van der Waals surface area contributed by atoms with Crippen LogP contribution in [0.1, 0.15) is 56.2 Å². The second kappa shape index (κ2) is 6.18. The average Bonchev–Trinajstić information content (AvgIpc) is 2.92. The molecule has 1 saturated carbocycles. The van der Waals surface area contributed by atoms with Crippen LogP contribution in [0.2, 0.25) is 0 Å². The van der Waals surface area contributed by atoms with Crippen molar-refractivity contribution in [3.8, 4) is 0 Å². The number of rotatable bonds is 3. The fourth-order valence-electron chi connectivity index (χ4n) is 3.77. The molecular weight excluding hydrogens is 260 g/mol. The number of fused-ring (bicyclic) bond motifs is 1. The van der Waals surface area contributed by atoms with E-state index in [0.717, 1.165) is 6.42 Å². The van der Waals surface area contributed by atoms with Gasteiger partial charge in [-0.05, 0) is 44.6 Å². The maximum Gasteiger partial charge on any atom is 0.237 e. The first-order valence-corrected chi connectivity index (χ1v) is 8.26. The monoisotopic (exact) mass is 286 g/mol. The zero-order valence-corrected chi connectivity index (χ0v) is 13.1. The van der Waals surface area contributed by atoms with Crippen molar-refractivity contribution in [1.82, 2.24) is 10.6 Å². The van der Waals surface area contributed by atoms with Crippen LogP contribution in [0.4, 0.5) is 0 Å². The molecule has 1 amide bonds. The number of nitrogens with one attached hydrogen (secondary N) is 2. The maximum atomic E-state index is 12.5. The summed E-state index contributed by atoms with van der Waals surface area (Å²) in [5.74, 6) is 0.877. The Labute approximate surface area is 127 Å². The summed E-state index contributed by atoms with van der Waals surface area (Å²) >= 11 is 0. The Kier molecular flexibility index (Phi) is 4.29. The van der Waals surface area contributed by atoms with Gasteiger partial charge in [-0.1, -0.05) is 42.7 Å². The molecule has 3 nitrogen and oxygen atoms in total. The summed E-state index contributed by atoms with van der Waals surface area (Å²) in [5, 5.41) is 6.71. The molecule has 0 aromatic heterocycles. The van der Waals surface area contributed by atoms with Crippen LogP contribution in [-0.2, 0) is 4.79 Å². The first kappa shape index (κ1) is 14.6. The smallest absolute Gasteiger partial charge is 0.237 e. The molecule has 3 unspecified atom stereocenters. The van der Waals surface area contributed by atoms with Gasteiger partial charge in [-0.2, -0.15) is 0 Å². The predicted molar refractivity (Wildman–Crippen MR) is 85.0 cm³/mol. The van der Waals surface area contributed by atoms with Gasteiger partial charge in [0.2, 0.25) is 5.91 Å². The lowest BCUT2D eigenvalue weighted by molar-refractivity contribution is -0.123. The summed E-state index contributed by atoms with van der Waals surface area (Å²) < 4.78 is 0. The number of hydrogen-bond acceptors (Lipinski definition) is 2. The molecule has 0 spiro atoms. The van der Waals surface area contributed by atoms with Gasteiger partial charge in [0.15, 0.2) is 0 Å². The van der Waals surface area contributed by atoms with Gasteiger partial charge in [0.1, 0.15) is 0 Å². The molecule has 1 aromatic rings. The van der Waals surface area contributed by atoms with E-state index in [1.165, 1.54) is 36.8 Å². The van der Waals surface area contributed by atoms with Crippen LogP contribution in [0, 0.1) is 12.8 Å². The molecule has 1 aliphatic carbocycles. The third-order valence-electron chi connectivity index (χ3n) is 5.12. The van der Waals surface area contributed by atoms with Gasteiger partial charge >= 0.3 is 0 Å². The lowest BCUT2D eigenvalue weighted by Gasteiger charge is -2.24. The number of carbonyl (C=O) groups is 1. The van der Waals surface area contributed by atoms with Crippen molar-refractivity contribution in [3.63, 3.8) is 0 Å². The third kappa shape index (κ3) is 3.29. The molecule has 2 N–H and O–H groups in total. The van der Waals surface area contributed by atoms with E-state index in [0.29, 0.717) is 12.0 Å². The second-order valence-electron chi connectivity index (χ2n) is 6.75. The van der Waals surface area contributed by atoms with Crippen LogP contribution in [0.25, 0.3) is 0 Å². The first-order chi connectivity index (χ1) is 10.1. The van der Waals surface area contributed by atoms with Crippen molar-refractivity contribution in [2.45, 2.75) is 64.1 Å². The molecule has 21 heavy (non-hydrogen) atoms. The van der Waals surface area contributed by atoms with Crippen LogP contribution in [-0.4, -0.2) is 18.0 Å². The molecule has 4 atom stereocenters. The van der Waals surface area contributed by atoms with Crippen LogP contribution in [0.15, 0.2) is 24.3 Å². The number of amides is 1. The Hall–Kier alpha value is -1.35. The average molecular weight is 286 g/mol. The Balaban J connectivity index is 1.57. The van der Waals surface area contributed by atoms with Crippen molar-refractivity contribution in [2.75, 3.05) is 0 Å². The van der Waals surface area contributed by atoms with E-state index in [9.17, 15) is 4.79 Å². The Morgan fingerprint density at radius 2 is 1.95 bits per heavy atom. The minimum absolute atomic E-state index is 0.00555. The van der Waals surface area contributed by atoms with Gasteiger partial charge in [-0.3, -0.25) is 4.79 Å². The molecule has 1 saturated heterocycles. The summed E-state index contributed by atoms with van der Waals surface area (Å²) in [7, 11) is 0. The summed E-state index contributed by atoms with van der Waals surface area (Å²) in [6.45, 7) is 4.14. The van der Waals surface area contributed by atoms with Crippen LogP contribution < -0.4 is 10.6 Å². The summed E-state index contributed by atoms with van der Waals surface area (Å²) in [6, 6.07) is 9.04. The van der Waals surface area contributed by atoms with E-state index in [-0.39, 0.29) is 18.0 Å². The lowest BCUT2D eigenvalue weighted by atomic mass is 9.85. The van der Waals surface area contributed by atoms with E-state index < -0.39 is 0 Å². The van der Waals surface area contributed by atoms with Gasteiger partial charge in [0.25, 0.3) is 0 Å². The van der Waals surface area contributed by atoms with E-state index in [1.54, 1.807) is 0 Å². The lowest BCUT2D eigenvalue weighted by Crippen LogP contribution is -2.43. The Morgan fingerprint density at radius 1 is 1.24 bits per heavy atom. The molecule has 2 aliphatic rings. The number of hydrogen-bond donors (Lipinski definition) is 2. The molecule has 1 aliphatic heterocycles. The third-order valence-corrected chi connectivity index (χ3v) is 5.12. The number of carbonyl (C=O) groups excluding carboxylic acids is 1. The molecule has 3 rings (SSSR count). The maximum absolute atomic E-state index is 12.5. The summed E-state index contributed by atoms with van der Waals surface area (Å²) in [4.78, 5) is 12.5. The van der Waals surface area contributed by atoms with Gasteiger partial charge in [0.05, 0.1) is 12.1 Å². The highest BCUT2D eigenvalue weighted by molar-refractivity contribution is 5.82. The minimum atomic E-state index is 0.00555. The zero-order valence-electron chi connectivity index (χ0n) is 13.1. The fraction of sp³-hybridized carbons (Fsp3) is 0.611. The van der Waals surface area contributed by atoms with Crippen LogP contribution in [0.5, 0.6) is 0 Å². The molecule has 1 heterocycles. The molecule has 3 heteroatoms. The normalized spacial score (nSPS) is 29.7. The SMILES string of the molecule is Cc1ccc([C@H](C)NC(=O)C2CC3CCCCC3N2)cc1. The number of benzene rings is 1. The van der Waals surface area contributed by atoms with Crippen molar-refractivity contribution in [1.29, 1.82) is 0 Å². The summed E-state index contributed by atoms with van der Waals surface area (Å²) in [6.07, 6.45) is 6.17. The molecular formula is C18H26N2O. The Bertz CT molecular complexity index is 482. The molecule has 2 fully saturated rings. The quantitative estimate of drug-likeness (QED) is 0.896. The van der Waals surface area contributed by atoms with Gasteiger partial charge in [-0.15, -0.1) is 0 Å². The summed E-state index contributed by atoms with van der Waals surface area (Å²) in [5.41, 5.74) is 2.42. The molecule has 0 bridgehead atoms. The van der Waals surface area contributed by atoms with Gasteiger partial charge in [0, 0.05) is 6.04 Å². The highest BCUT2D eigenvalue weighted by atomic mass is 16.2. The topological polar surface area (TPSA) is 41.1 Å². The van der Waals surface area contributed by atoms with Crippen molar-refractivity contribution < 1.29 is 4.79 Å². The van der Waals surface area contributed by atoms with Crippen LogP contribution >= 0.6 is 0 Å². The molecule has 1 aromatic carbocycles. The van der Waals surface area contributed by atoms with E-state index in [4.69, 9.17) is 0 Å². The van der Waals surface area contributed by atoms with Crippen LogP contribution in [0.3, 0.4) is 0 Å². The van der Waals surface area contributed by atoms with E-state index >= 15 is 0 Å². The Morgan fingerprint density at radius 3 is 2.67 bits per heavy atom. The minimum Gasteiger partial charge on any atom is -0.348 e. The van der Waals surface area contributed by atoms with E-state index in [1.807, 2.05) is 0 Å². The number of aryl methyl sites for hydroxylation is 1. The predicted octanol–water partition coefficient (Wildman–Crippen LogP) is 3.09. The largest absolute Gasteiger partial charge is 0.348 e. The standard InChI is InChI=1S/C18H26N2O/c1-12-7-9-14(10-8-12)13(2)19-18(21)17-11-15-5-3-4-6-16(15)20-17/h7-10,13,15-17,20H,3-6,11H2,1-2H3,(H,19,21)/t13-,15?,16?,17?/m0/s1.